The molecule has 0 saturated carbocycles. The number of hydrogen-bond donors (Lipinski definition) is 1. The minimum Gasteiger partial charge on any atom is -0.478 e. The number of rotatable bonds is 3. The van der Waals surface area contributed by atoms with Gasteiger partial charge in [0.2, 0.25) is 0 Å². The Labute approximate surface area is 104 Å². The SMILES string of the molecule is Cc1cc(C(=O)O)ccc1-n1nnnc1C(C)C. The summed E-state index contributed by atoms with van der Waals surface area (Å²) < 4.78 is 1.64. The number of carbonyl (C=O) groups is 1. The molecule has 2 rings (SSSR count). The van der Waals surface area contributed by atoms with Crippen molar-refractivity contribution in [3.05, 3.63) is 35.2 Å². The first-order chi connectivity index (χ1) is 8.50. The molecule has 1 aromatic heterocycles. The van der Waals surface area contributed by atoms with Crippen LogP contribution in [0.5, 0.6) is 0 Å². The van der Waals surface area contributed by atoms with Gasteiger partial charge in [-0.25, -0.2) is 4.79 Å². The van der Waals surface area contributed by atoms with Gasteiger partial charge in [0, 0.05) is 5.92 Å². The summed E-state index contributed by atoms with van der Waals surface area (Å²) in [4.78, 5) is 10.9. The first-order valence-corrected chi connectivity index (χ1v) is 5.63. The molecule has 6 heteroatoms. The Hall–Kier alpha value is -2.24. The molecule has 1 N–H and O–H groups in total. The van der Waals surface area contributed by atoms with Gasteiger partial charge in [0.15, 0.2) is 5.82 Å². The molecule has 0 aliphatic rings. The predicted octanol–water partition coefficient (Wildman–Crippen LogP) is 1.79. The van der Waals surface area contributed by atoms with Crippen LogP contribution in [0.1, 0.15) is 41.5 Å². The maximum absolute atomic E-state index is 10.9. The first-order valence-electron chi connectivity index (χ1n) is 5.63. The lowest BCUT2D eigenvalue weighted by Gasteiger charge is -2.10. The normalized spacial score (nSPS) is 10.9. The summed E-state index contributed by atoms with van der Waals surface area (Å²) in [6.45, 7) is 5.85. The Balaban J connectivity index is 2.51. The van der Waals surface area contributed by atoms with Crippen molar-refractivity contribution in [3.63, 3.8) is 0 Å². The summed E-state index contributed by atoms with van der Waals surface area (Å²) in [6, 6.07) is 4.89. The number of aryl methyl sites for hydroxylation is 1. The predicted molar refractivity (Wildman–Crippen MR) is 64.9 cm³/mol. The van der Waals surface area contributed by atoms with Gasteiger partial charge in [-0.05, 0) is 41.1 Å². The molecule has 0 bridgehead atoms. The van der Waals surface area contributed by atoms with Gasteiger partial charge < -0.3 is 5.11 Å². The molecule has 18 heavy (non-hydrogen) atoms. The van der Waals surface area contributed by atoms with Crippen LogP contribution in [0, 0.1) is 6.92 Å². The third kappa shape index (κ3) is 2.09. The lowest BCUT2D eigenvalue weighted by Crippen LogP contribution is -2.07. The van der Waals surface area contributed by atoms with Crippen LogP contribution in [-0.2, 0) is 0 Å². The van der Waals surface area contributed by atoms with Crippen LogP contribution in [0.2, 0.25) is 0 Å². The Bertz CT molecular complexity index is 590. The van der Waals surface area contributed by atoms with E-state index < -0.39 is 5.97 Å². The van der Waals surface area contributed by atoms with Gasteiger partial charge in [0.05, 0.1) is 11.3 Å². The van der Waals surface area contributed by atoms with Crippen LogP contribution < -0.4 is 0 Å². The number of benzene rings is 1. The minimum atomic E-state index is -0.939. The standard InChI is InChI=1S/C12H14N4O2/c1-7(2)11-13-14-15-16(11)10-5-4-9(12(17)18)6-8(10)3/h4-7H,1-3H3,(H,17,18). The molecule has 0 radical (unpaired) electrons. The topological polar surface area (TPSA) is 80.9 Å². The zero-order valence-electron chi connectivity index (χ0n) is 10.5. The number of aromatic nitrogens is 4. The fourth-order valence-corrected chi connectivity index (χ4v) is 1.75. The van der Waals surface area contributed by atoms with E-state index in [-0.39, 0.29) is 11.5 Å². The molecule has 6 nitrogen and oxygen atoms in total. The van der Waals surface area contributed by atoms with Gasteiger partial charge in [-0.1, -0.05) is 13.8 Å². The van der Waals surface area contributed by atoms with Crippen molar-refractivity contribution in [2.45, 2.75) is 26.7 Å². The van der Waals surface area contributed by atoms with Crippen LogP contribution in [-0.4, -0.2) is 31.3 Å². The molecule has 1 heterocycles. The van der Waals surface area contributed by atoms with E-state index in [1.54, 1.807) is 22.9 Å². The van der Waals surface area contributed by atoms with E-state index in [0.717, 1.165) is 17.1 Å². The molecular weight excluding hydrogens is 232 g/mol. The van der Waals surface area contributed by atoms with Crippen molar-refractivity contribution in [1.82, 2.24) is 20.2 Å². The zero-order valence-corrected chi connectivity index (χ0v) is 10.5. The molecule has 1 aromatic carbocycles. The van der Waals surface area contributed by atoms with Gasteiger partial charge in [-0.2, -0.15) is 4.68 Å². The fourth-order valence-electron chi connectivity index (χ4n) is 1.75. The summed E-state index contributed by atoms with van der Waals surface area (Å²) in [5, 5.41) is 20.5. The van der Waals surface area contributed by atoms with Crippen LogP contribution in [0.15, 0.2) is 18.2 Å². The van der Waals surface area contributed by atoms with Crippen LogP contribution in [0.3, 0.4) is 0 Å². The molecular formula is C12H14N4O2. The number of aromatic carboxylic acids is 1. The Kier molecular flexibility index (Phi) is 3.10. The summed E-state index contributed by atoms with van der Waals surface area (Å²) in [5.74, 6) is 0.00479. The summed E-state index contributed by atoms with van der Waals surface area (Å²) in [7, 11) is 0. The highest BCUT2D eigenvalue weighted by Crippen LogP contribution is 2.19. The second-order valence-electron chi connectivity index (χ2n) is 4.41. The smallest absolute Gasteiger partial charge is 0.335 e. The molecule has 0 aliphatic carbocycles. The number of nitrogens with zero attached hydrogens (tertiary/aromatic N) is 4. The Morgan fingerprint density at radius 1 is 1.39 bits per heavy atom. The summed E-state index contributed by atoms with van der Waals surface area (Å²) in [6.07, 6.45) is 0. The van der Waals surface area contributed by atoms with E-state index in [0.29, 0.717) is 0 Å². The van der Waals surface area contributed by atoms with E-state index in [2.05, 4.69) is 15.5 Å². The van der Waals surface area contributed by atoms with Crippen molar-refractivity contribution in [1.29, 1.82) is 0 Å². The molecule has 0 spiro atoms. The second-order valence-corrected chi connectivity index (χ2v) is 4.41. The van der Waals surface area contributed by atoms with Crippen LogP contribution >= 0.6 is 0 Å². The lowest BCUT2D eigenvalue weighted by atomic mass is 10.1. The third-order valence-electron chi connectivity index (χ3n) is 2.68. The van der Waals surface area contributed by atoms with Crippen molar-refractivity contribution < 1.29 is 9.90 Å². The minimum absolute atomic E-state index is 0.193. The molecule has 94 valence electrons. The molecule has 2 aromatic rings. The number of tetrazole rings is 1. The van der Waals surface area contributed by atoms with Crippen LogP contribution in [0.4, 0.5) is 0 Å². The highest BCUT2D eigenvalue weighted by Gasteiger charge is 2.14. The van der Waals surface area contributed by atoms with E-state index in [1.807, 2.05) is 20.8 Å². The van der Waals surface area contributed by atoms with Crippen molar-refractivity contribution in [2.75, 3.05) is 0 Å². The monoisotopic (exact) mass is 246 g/mol. The maximum Gasteiger partial charge on any atom is 0.335 e. The van der Waals surface area contributed by atoms with Gasteiger partial charge in [0.25, 0.3) is 0 Å². The average molecular weight is 246 g/mol. The summed E-state index contributed by atoms with van der Waals surface area (Å²) >= 11 is 0. The molecule has 0 amide bonds. The van der Waals surface area contributed by atoms with E-state index >= 15 is 0 Å². The molecule has 0 aliphatic heterocycles. The van der Waals surface area contributed by atoms with E-state index in [4.69, 9.17) is 5.11 Å². The van der Waals surface area contributed by atoms with Gasteiger partial charge in [0.1, 0.15) is 0 Å². The highest BCUT2D eigenvalue weighted by atomic mass is 16.4. The van der Waals surface area contributed by atoms with E-state index in [9.17, 15) is 4.79 Å². The first kappa shape index (κ1) is 12.2. The molecule has 0 fully saturated rings. The number of carboxylic acids is 1. The Morgan fingerprint density at radius 2 is 2.11 bits per heavy atom. The quantitative estimate of drug-likeness (QED) is 0.892. The summed E-state index contributed by atoms with van der Waals surface area (Å²) in [5.41, 5.74) is 1.88. The molecule has 0 atom stereocenters. The number of carboxylic acid groups (broad SMARTS) is 1. The fraction of sp³-hybridized carbons (Fsp3) is 0.333. The highest BCUT2D eigenvalue weighted by molar-refractivity contribution is 5.88. The van der Waals surface area contributed by atoms with Crippen LogP contribution in [0.25, 0.3) is 5.69 Å². The second kappa shape index (κ2) is 4.56. The lowest BCUT2D eigenvalue weighted by molar-refractivity contribution is 0.0697. The molecule has 0 unspecified atom stereocenters. The van der Waals surface area contributed by atoms with Gasteiger partial charge in [-0.3, -0.25) is 0 Å². The zero-order chi connectivity index (χ0) is 13.3. The van der Waals surface area contributed by atoms with Crippen molar-refractivity contribution >= 4 is 5.97 Å². The maximum atomic E-state index is 10.9. The van der Waals surface area contributed by atoms with Crippen molar-refractivity contribution in [2.24, 2.45) is 0 Å². The van der Waals surface area contributed by atoms with Gasteiger partial charge in [-0.15, -0.1) is 5.10 Å². The average Bonchev–Trinajstić information content (AvgIpc) is 2.77. The van der Waals surface area contributed by atoms with Gasteiger partial charge >= 0.3 is 5.97 Å². The Morgan fingerprint density at radius 3 is 2.67 bits per heavy atom. The largest absolute Gasteiger partial charge is 0.478 e. The van der Waals surface area contributed by atoms with Crippen molar-refractivity contribution in [3.8, 4) is 5.69 Å². The third-order valence-corrected chi connectivity index (χ3v) is 2.68. The number of hydrogen-bond acceptors (Lipinski definition) is 4. The molecule has 0 saturated heterocycles. The van der Waals surface area contributed by atoms with E-state index in [1.165, 1.54) is 0 Å².